The molecule has 96 valence electrons. The van der Waals surface area contributed by atoms with Crippen molar-refractivity contribution in [2.45, 2.75) is 12.8 Å². The number of nitrogens with two attached hydrogens (primary N) is 1. The molecule has 0 radical (unpaired) electrons. The third kappa shape index (κ3) is 3.67. The number of rotatable bonds is 4. The van der Waals surface area contributed by atoms with E-state index >= 15 is 0 Å². The number of aryl methyl sites for hydroxylation is 2. The predicted molar refractivity (Wildman–Crippen MR) is 78.5 cm³/mol. The van der Waals surface area contributed by atoms with Crippen LogP contribution in [0, 0.1) is 0 Å². The molecular weight excluding hydrogens is 246 g/mol. The van der Waals surface area contributed by atoms with Gasteiger partial charge in [0, 0.05) is 5.69 Å². The van der Waals surface area contributed by atoms with Gasteiger partial charge in [0.1, 0.15) is 5.75 Å². The highest BCUT2D eigenvalue weighted by Crippen LogP contribution is 2.19. The van der Waals surface area contributed by atoms with E-state index in [1.54, 1.807) is 7.11 Å². The van der Waals surface area contributed by atoms with E-state index in [2.05, 4.69) is 18.2 Å². The van der Waals surface area contributed by atoms with Crippen LogP contribution < -0.4 is 10.5 Å². The summed E-state index contributed by atoms with van der Waals surface area (Å²) in [6, 6.07) is 16.2. The monoisotopic (exact) mass is 263 g/mol. The summed E-state index contributed by atoms with van der Waals surface area (Å²) >= 11 is 0. The van der Waals surface area contributed by atoms with Crippen LogP contribution in [0.15, 0.2) is 48.5 Å². The Morgan fingerprint density at radius 2 is 1.61 bits per heavy atom. The Morgan fingerprint density at radius 3 is 2.28 bits per heavy atom. The molecule has 3 heteroatoms. The zero-order valence-electron chi connectivity index (χ0n) is 10.4. The van der Waals surface area contributed by atoms with E-state index in [-0.39, 0.29) is 12.4 Å². The molecule has 2 nitrogen and oxygen atoms in total. The van der Waals surface area contributed by atoms with Crippen LogP contribution in [0.4, 0.5) is 5.69 Å². The van der Waals surface area contributed by atoms with Gasteiger partial charge in [-0.1, -0.05) is 30.3 Å². The average Bonchev–Trinajstić information content (AvgIpc) is 2.38. The summed E-state index contributed by atoms with van der Waals surface area (Å²) in [6.45, 7) is 0. The number of nitrogen functional groups attached to an aromatic ring is 1. The fraction of sp³-hybridized carbons (Fsp3) is 0.200. The van der Waals surface area contributed by atoms with Gasteiger partial charge in [-0.05, 0) is 42.2 Å². The lowest BCUT2D eigenvalue weighted by molar-refractivity contribution is 0.409. The maximum atomic E-state index is 5.66. The van der Waals surface area contributed by atoms with Crippen molar-refractivity contribution in [3.8, 4) is 5.75 Å². The zero-order valence-corrected chi connectivity index (χ0v) is 11.2. The molecule has 0 aliphatic heterocycles. The molecule has 0 amide bonds. The first-order chi connectivity index (χ1) is 8.29. The van der Waals surface area contributed by atoms with Gasteiger partial charge in [-0.3, -0.25) is 0 Å². The van der Waals surface area contributed by atoms with Gasteiger partial charge in [-0.2, -0.15) is 0 Å². The third-order valence-corrected chi connectivity index (χ3v) is 2.86. The number of benzene rings is 2. The number of anilines is 1. The molecule has 0 spiro atoms. The summed E-state index contributed by atoms with van der Waals surface area (Å²) in [5, 5.41) is 0. The number of hydrogen-bond acceptors (Lipinski definition) is 2. The first-order valence-electron chi connectivity index (χ1n) is 5.76. The Morgan fingerprint density at radius 1 is 0.944 bits per heavy atom. The van der Waals surface area contributed by atoms with Crippen molar-refractivity contribution < 1.29 is 4.74 Å². The standard InChI is InChI=1S/C15H17NO.ClH/c1-17-15-5-3-2-4-13(15)9-6-12-7-10-14(16)11-8-12;/h2-5,7-8,10-11H,6,9,16H2,1H3;1H. The molecule has 2 rings (SSSR count). The Balaban J connectivity index is 0.00000162. The van der Waals surface area contributed by atoms with E-state index in [1.807, 2.05) is 30.3 Å². The minimum absolute atomic E-state index is 0. The molecule has 0 saturated carbocycles. The Bertz CT molecular complexity index is 482. The lowest BCUT2D eigenvalue weighted by Gasteiger charge is -2.08. The highest BCUT2D eigenvalue weighted by molar-refractivity contribution is 5.85. The maximum Gasteiger partial charge on any atom is 0.122 e. The maximum absolute atomic E-state index is 5.66. The topological polar surface area (TPSA) is 35.2 Å². The summed E-state index contributed by atoms with van der Waals surface area (Å²) in [5.41, 5.74) is 9.01. The Kier molecular flexibility index (Phi) is 5.53. The van der Waals surface area contributed by atoms with Crippen LogP contribution in [0.1, 0.15) is 11.1 Å². The molecule has 0 heterocycles. The summed E-state index contributed by atoms with van der Waals surface area (Å²) < 4.78 is 5.33. The van der Waals surface area contributed by atoms with Crippen LogP contribution in [0.2, 0.25) is 0 Å². The SMILES string of the molecule is COc1ccccc1CCc1ccc(N)cc1.Cl. The van der Waals surface area contributed by atoms with Crippen molar-refractivity contribution in [2.75, 3.05) is 12.8 Å². The molecule has 2 aromatic carbocycles. The molecule has 0 saturated heterocycles. The van der Waals surface area contributed by atoms with E-state index in [0.29, 0.717) is 0 Å². The van der Waals surface area contributed by atoms with Crippen LogP contribution >= 0.6 is 12.4 Å². The highest BCUT2D eigenvalue weighted by Gasteiger charge is 2.01. The first-order valence-corrected chi connectivity index (χ1v) is 5.76. The second-order valence-corrected chi connectivity index (χ2v) is 4.05. The van der Waals surface area contributed by atoms with E-state index in [9.17, 15) is 0 Å². The molecule has 2 N–H and O–H groups in total. The van der Waals surface area contributed by atoms with Gasteiger partial charge >= 0.3 is 0 Å². The van der Waals surface area contributed by atoms with E-state index in [1.165, 1.54) is 11.1 Å². The molecule has 0 aromatic heterocycles. The third-order valence-electron chi connectivity index (χ3n) is 2.86. The van der Waals surface area contributed by atoms with Crippen LogP contribution in [0.3, 0.4) is 0 Å². The first kappa shape index (κ1) is 14.4. The van der Waals surface area contributed by atoms with Crippen molar-refractivity contribution in [3.05, 3.63) is 59.7 Å². The normalized spacial score (nSPS) is 9.61. The second-order valence-electron chi connectivity index (χ2n) is 4.05. The lowest BCUT2D eigenvalue weighted by atomic mass is 10.0. The summed E-state index contributed by atoms with van der Waals surface area (Å²) in [4.78, 5) is 0. The van der Waals surface area contributed by atoms with E-state index in [4.69, 9.17) is 10.5 Å². The van der Waals surface area contributed by atoms with Crippen LogP contribution in [0.25, 0.3) is 0 Å². The van der Waals surface area contributed by atoms with Gasteiger partial charge in [0.25, 0.3) is 0 Å². The molecule has 0 fully saturated rings. The van der Waals surface area contributed by atoms with Crippen LogP contribution in [0.5, 0.6) is 5.75 Å². The van der Waals surface area contributed by atoms with Gasteiger partial charge in [-0.25, -0.2) is 0 Å². The van der Waals surface area contributed by atoms with Crippen molar-refractivity contribution in [3.63, 3.8) is 0 Å². The summed E-state index contributed by atoms with van der Waals surface area (Å²) in [7, 11) is 1.71. The number of methoxy groups -OCH3 is 1. The molecular formula is C15H18ClNO. The minimum atomic E-state index is 0. The van der Waals surface area contributed by atoms with Gasteiger partial charge in [0.05, 0.1) is 7.11 Å². The quantitative estimate of drug-likeness (QED) is 0.857. The molecule has 2 aromatic rings. The number of para-hydroxylation sites is 1. The second kappa shape index (κ2) is 6.92. The van der Waals surface area contributed by atoms with Gasteiger partial charge in [0.15, 0.2) is 0 Å². The van der Waals surface area contributed by atoms with Crippen molar-refractivity contribution >= 4 is 18.1 Å². The minimum Gasteiger partial charge on any atom is -0.496 e. The van der Waals surface area contributed by atoms with Crippen LogP contribution in [-0.2, 0) is 12.8 Å². The fourth-order valence-corrected chi connectivity index (χ4v) is 1.87. The molecule has 0 atom stereocenters. The number of hydrogen-bond donors (Lipinski definition) is 1. The largest absolute Gasteiger partial charge is 0.496 e. The van der Waals surface area contributed by atoms with Gasteiger partial charge in [-0.15, -0.1) is 12.4 Å². The van der Waals surface area contributed by atoms with Crippen molar-refractivity contribution in [2.24, 2.45) is 0 Å². The van der Waals surface area contributed by atoms with E-state index < -0.39 is 0 Å². The highest BCUT2D eigenvalue weighted by atomic mass is 35.5. The predicted octanol–water partition coefficient (Wildman–Crippen LogP) is 3.48. The summed E-state index contributed by atoms with van der Waals surface area (Å²) in [5.74, 6) is 0.961. The van der Waals surface area contributed by atoms with Crippen molar-refractivity contribution in [1.29, 1.82) is 0 Å². The summed E-state index contributed by atoms with van der Waals surface area (Å²) in [6.07, 6.45) is 1.98. The van der Waals surface area contributed by atoms with E-state index in [0.717, 1.165) is 24.3 Å². The molecule has 18 heavy (non-hydrogen) atoms. The Labute approximate surface area is 114 Å². The lowest BCUT2D eigenvalue weighted by Crippen LogP contribution is -1.95. The molecule has 0 bridgehead atoms. The number of halogens is 1. The fourth-order valence-electron chi connectivity index (χ4n) is 1.87. The van der Waals surface area contributed by atoms with Crippen molar-refractivity contribution in [1.82, 2.24) is 0 Å². The van der Waals surface area contributed by atoms with Gasteiger partial charge in [0.2, 0.25) is 0 Å². The molecule has 0 aliphatic rings. The van der Waals surface area contributed by atoms with Crippen LogP contribution in [-0.4, -0.2) is 7.11 Å². The Hall–Kier alpha value is -1.67. The average molecular weight is 264 g/mol. The smallest absolute Gasteiger partial charge is 0.122 e. The molecule has 0 unspecified atom stereocenters. The number of ether oxygens (including phenoxy) is 1. The van der Waals surface area contributed by atoms with Gasteiger partial charge < -0.3 is 10.5 Å². The zero-order chi connectivity index (χ0) is 12.1. The molecule has 0 aliphatic carbocycles.